The highest BCUT2D eigenvalue weighted by Gasteiger charge is 2.24. The van der Waals surface area contributed by atoms with Gasteiger partial charge in [-0.15, -0.1) is 0 Å². The fourth-order valence-electron chi connectivity index (χ4n) is 2.59. The Bertz CT molecular complexity index is 838. The van der Waals surface area contributed by atoms with E-state index in [-0.39, 0.29) is 6.61 Å². The number of halogens is 1. The van der Waals surface area contributed by atoms with Crippen LogP contribution in [0.4, 0.5) is 0 Å². The number of benzene rings is 2. The number of aliphatic hydroxyl groups excluding tert-OH is 1. The molecule has 0 bridgehead atoms. The summed E-state index contributed by atoms with van der Waals surface area (Å²) < 4.78 is 17.3. The van der Waals surface area contributed by atoms with Crippen LogP contribution in [0, 0.1) is 0 Å². The monoisotopic (exact) mass is 389 g/mol. The van der Waals surface area contributed by atoms with E-state index in [9.17, 15) is 5.11 Å². The molecule has 124 valence electrons. The van der Waals surface area contributed by atoms with Crippen molar-refractivity contribution in [3.63, 3.8) is 0 Å². The quantitative estimate of drug-likeness (QED) is 0.705. The zero-order chi connectivity index (χ0) is 17.1. The third-order valence-electron chi connectivity index (χ3n) is 3.70. The number of ether oxygens (including phenoxy) is 2. The molecule has 1 aromatic heterocycles. The first-order valence-electron chi connectivity index (χ1n) is 7.26. The maximum Gasteiger partial charge on any atom is 0.180 e. The first kappa shape index (κ1) is 16.5. The van der Waals surface area contributed by atoms with Gasteiger partial charge >= 0.3 is 0 Å². The predicted molar refractivity (Wildman–Crippen MR) is 94.1 cm³/mol. The van der Waals surface area contributed by atoms with E-state index in [4.69, 9.17) is 14.0 Å². The van der Waals surface area contributed by atoms with Crippen molar-refractivity contribution in [2.75, 3.05) is 14.2 Å². The normalized spacial score (nSPS) is 10.7. The third kappa shape index (κ3) is 2.90. The van der Waals surface area contributed by atoms with Crippen molar-refractivity contribution in [3.8, 4) is 34.1 Å². The Morgan fingerprint density at radius 3 is 2.33 bits per heavy atom. The molecular formula is C18H16BrNO4. The average Bonchev–Trinajstić information content (AvgIpc) is 3.04. The number of aliphatic hydroxyl groups is 1. The van der Waals surface area contributed by atoms with Crippen LogP contribution in [0.3, 0.4) is 0 Å². The lowest BCUT2D eigenvalue weighted by Gasteiger charge is -2.11. The Morgan fingerprint density at radius 2 is 1.75 bits per heavy atom. The van der Waals surface area contributed by atoms with E-state index in [1.807, 2.05) is 30.3 Å². The van der Waals surface area contributed by atoms with Crippen molar-refractivity contribution < 1.29 is 19.1 Å². The molecule has 0 saturated carbocycles. The Hall–Kier alpha value is -2.31. The molecule has 0 fully saturated rings. The molecule has 6 heteroatoms. The molecule has 1 heterocycles. The maximum absolute atomic E-state index is 9.91. The summed E-state index contributed by atoms with van der Waals surface area (Å²) in [6.45, 7) is -0.220. The topological polar surface area (TPSA) is 64.7 Å². The highest BCUT2D eigenvalue weighted by atomic mass is 79.9. The largest absolute Gasteiger partial charge is 0.496 e. The lowest BCUT2D eigenvalue weighted by molar-refractivity contribution is 0.281. The van der Waals surface area contributed by atoms with E-state index in [0.29, 0.717) is 34.1 Å². The molecule has 0 aliphatic rings. The lowest BCUT2D eigenvalue weighted by Crippen LogP contribution is -1.95. The Labute approximate surface area is 147 Å². The van der Waals surface area contributed by atoms with Crippen LogP contribution in [0.25, 0.3) is 22.6 Å². The van der Waals surface area contributed by atoms with E-state index in [1.54, 1.807) is 26.4 Å². The first-order chi connectivity index (χ1) is 11.7. The van der Waals surface area contributed by atoms with Crippen molar-refractivity contribution in [2.24, 2.45) is 0 Å². The Morgan fingerprint density at radius 1 is 1.08 bits per heavy atom. The predicted octanol–water partition coefficient (Wildman–Crippen LogP) is 4.28. The number of rotatable bonds is 5. The Kier molecular flexibility index (Phi) is 4.87. The first-order valence-corrected chi connectivity index (χ1v) is 8.05. The van der Waals surface area contributed by atoms with Crippen molar-refractivity contribution in [1.82, 2.24) is 5.16 Å². The molecule has 0 radical (unpaired) electrons. The summed E-state index contributed by atoms with van der Waals surface area (Å²) in [5.74, 6) is 1.60. The van der Waals surface area contributed by atoms with Crippen LogP contribution >= 0.6 is 15.9 Å². The van der Waals surface area contributed by atoms with Crippen LogP contribution in [0.15, 0.2) is 51.5 Å². The molecule has 0 aliphatic heterocycles. The van der Waals surface area contributed by atoms with Crippen LogP contribution in [-0.4, -0.2) is 24.5 Å². The summed E-state index contributed by atoms with van der Waals surface area (Å²) >= 11 is 3.44. The Balaban J connectivity index is 2.21. The molecule has 1 N–H and O–H groups in total. The minimum Gasteiger partial charge on any atom is -0.496 e. The SMILES string of the molecule is COc1cccc(OC)c1-c1onc(-c2cccc(Br)c2)c1CO. The minimum atomic E-state index is -0.220. The molecule has 0 unspecified atom stereocenters. The summed E-state index contributed by atoms with van der Waals surface area (Å²) in [5, 5.41) is 14.1. The van der Waals surface area contributed by atoms with Gasteiger partial charge in [-0.25, -0.2) is 0 Å². The maximum atomic E-state index is 9.91. The molecule has 2 aromatic carbocycles. The minimum absolute atomic E-state index is 0.220. The van der Waals surface area contributed by atoms with Crippen molar-refractivity contribution in [2.45, 2.75) is 6.61 Å². The standard InChI is InChI=1S/C18H16BrNO4/c1-22-14-7-4-8-15(23-2)16(14)18-13(10-21)17(20-24-18)11-5-3-6-12(19)9-11/h3-9,21H,10H2,1-2H3. The van der Waals surface area contributed by atoms with E-state index in [1.165, 1.54) is 0 Å². The number of hydrogen-bond acceptors (Lipinski definition) is 5. The molecular weight excluding hydrogens is 374 g/mol. The fourth-order valence-corrected chi connectivity index (χ4v) is 2.99. The highest BCUT2D eigenvalue weighted by Crippen LogP contribution is 2.42. The lowest BCUT2D eigenvalue weighted by atomic mass is 10.0. The third-order valence-corrected chi connectivity index (χ3v) is 4.19. The molecule has 0 amide bonds. The van der Waals surface area contributed by atoms with Crippen molar-refractivity contribution >= 4 is 15.9 Å². The number of aromatic nitrogens is 1. The van der Waals surface area contributed by atoms with E-state index < -0.39 is 0 Å². The molecule has 3 rings (SSSR count). The molecule has 24 heavy (non-hydrogen) atoms. The van der Waals surface area contributed by atoms with Crippen LogP contribution in [-0.2, 0) is 6.61 Å². The second-order valence-electron chi connectivity index (χ2n) is 5.04. The molecule has 0 saturated heterocycles. The van der Waals surface area contributed by atoms with Crippen LogP contribution in [0.1, 0.15) is 5.56 Å². The van der Waals surface area contributed by atoms with Gasteiger partial charge in [0.25, 0.3) is 0 Å². The number of methoxy groups -OCH3 is 2. The molecule has 0 atom stereocenters. The van der Waals surface area contributed by atoms with Gasteiger partial charge in [0.1, 0.15) is 22.8 Å². The summed E-state index contributed by atoms with van der Waals surface area (Å²) in [4.78, 5) is 0. The summed E-state index contributed by atoms with van der Waals surface area (Å²) in [6, 6.07) is 13.1. The van der Waals surface area contributed by atoms with Gasteiger partial charge in [-0.2, -0.15) is 0 Å². The number of hydrogen-bond donors (Lipinski definition) is 1. The molecule has 0 spiro atoms. The van der Waals surface area contributed by atoms with E-state index >= 15 is 0 Å². The number of nitrogens with zero attached hydrogens (tertiary/aromatic N) is 1. The van der Waals surface area contributed by atoms with Gasteiger partial charge < -0.3 is 19.1 Å². The molecule has 5 nitrogen and oxygen atoms in total. The van der Waals surface area contributed by atoms with Gasteiger partial charge in [-0.3, -0.25) is 0 Å². The van der Waals surface area contributed by atoms with Crippen molar-refractivity contribution in [3.05, 3.63) is 52.5 Å². The van der Waals surface area contributed by atoms with Crippen LogP contribution in [0.2, 0.25) is 0 Å². The second kappa shape index (κ2) is 7.07. The van der Waals surface area contributed by atoms with Crippen LogP contribution in [0.5, 0.6) is 11.5 Å². The zero-order valence-corrected chi connectivity index (χ0v) is 14.8. The van der Waals surface area contributed by atoms with E-state index in [0.717, 1.165) is 10.0 Å². The molecule has 0 aliphatic carbocycles. The summed E-state index contributed by atoms with van der Waals surface area (Å²) in [7, 11) is 3.14. The fraction of sp³-hybridized carbons (Fsp3) is 0.167. The second-order valence-corrected chi connectivity index (χ2v) is 5.96. The zero-order valence-electron chi connectivity index (χ0n) is 13.2. The van der Waals surface area contributed by atoms with Gasteiger partial charge in [0.15, 0.2) is 5.76 Å². The van der Waals surface area contributed by atoms with Gasteiger partial charge in [0, 0.05) is 10.0 Å². The smallest absolute Gasteiger partial charge is 0.180 e. The van der Waals surface area contributed by atoms with E-state index in [2.05, 4.69) is 21.1 Å². The van der Waals surface area contributed by atoms with Gasteiger partial charge in [-0.05, 0) is 24.3 Å². The van der Waals surface area contributed by atoms with Gasteiger partial charge in [0.2, 0.25) is 0 Å². The summed E-state index contributed by atoms with van der Waals surface area (Å²) in [5.41, 5.74) is 2.63. The van der Waals surface area contributed by atoms with Gasteiger partial charge in [0.05, 0.1) is 26.4 Å². The van der Waals surface area contributed by atoms with Crippen LogP contribution < -0.4 is 9.47 Å². The highest BCUT2D eigenvalue weighted by molar-refractivity contribution is 9.10. The average molecular weight is 390 g/mol. The summed E-state index contributed by atoms with van der Waals surface area (Å²) in [6.07, 6.45) is 0. The van der Waals surface area contributed by atoms with Gasteiger partial charge in [-0.1, -0.05) is 39.3 Å². The van der Waals surface area contributed by atoms with Crippen molar-refractivity contribution in [1.29, 1.82) is 0 Å². The molecule has 3 aromatic rings.